The Kier molecular flexibility index (Phi) is 9.11. The van der Waals surface area contributed by atoms with Gasteiger partial charge in [0.15, 0.2) is 28.8 Å². The SMILES string of the molecule is CCOc1cc(C=NNc2cc(Nc3ccccc3)nc(NN=Cc3ccc(O)c(OCC)c3)n2)ccc1O. The van der Waals surface area contributed by atoms with Crippen LogP contribution < -0.4 is 25.6 Å². The third kappa shape index (κ3) is 7.83. The Hall–Kier alpha value is -5.32. The Morgan fingerprint density at radius 3 is 1.87 bits per heavy atom. The summed E-state index contributed by atoms with van der Waals surface area (Å²) in [5.74, 6) is 2.01. The summed E-state index contributed by atoms with van der Waals surface area (Å²) in [5.41, 5.74) is 8.02. The predicted octanol–water partition coefficient (Wildman–Crippen LogP) is 5.32. The first-order valence-corrected chi connectivity index (χ1v) is 12.2. The van der Waals surface area contributed by atoms with Gasteiger partial charge in [-0.05, 0) is 73.5 Å². The lowest BCUT2D eigenvalue weighted by atomic mass is 10.2. The van der Waals surface area contributed by atoms with Crippen molar-refractivity contribution in [2.75, 3.05) is 29.4 Å². The van der Waals surface area contributed by atoms with Crippen LogP contribution in [0.25, 0.3) is 0 Å². The number of hydrogen-bond acceptors (Lipinski definition) is 11. The summed E-state index contributed by atoms with van der Waals surface area (Å²) in [4.78, 5) is 8.91. The lowest BCUT2D eigenvalue weighted by Gasteiger charge is -2.09. The molecule has 200 valence electrons. The molecule has 0 amide bonds. The molecule has 0 aliphatic carbocycles. The van der Waals surface area contributed by atoms with Gasteiger partial charge in [-0.25, -0.2) is 5.43 Å². The molecule has 0 saturated heterocycles. The number of phenols is 2. The Morgan fingerprint density at radius 1 is 0.718 bits per heavy atom. The van der Waals surface area contributed by atoms with Crippen LogP contribution in [-0.4, -0.2) is 45.8 Å². The number of nitrogens with one attached hydrogen (secondary N) is 3. The molecule has 0 spiro atoms. The molecule has 39 heavy (non-hydrogen) atoms. The maximum absolute atomic E-state index is 9.90. The average molecular weight is 528 g/mol. The fourth-order valence-corrected chi connectivity index (χ4v) is 3.39. The number of rotatable bonds is 12. The highest BCUT2D eigenvalue weighted by molar-refractivity contribution is 5.82. The van der Waals surface area contributed by atoms with Gasteiger partial charge >= 0.3 is 0 Å². The first-order chi connectivity index (χ1) is 19.0. The Morgan fingerprint density at radius 2 is 1.28 bits per heavy atom. The molecule has 0 fully saturated rings. The second-order valence-corrected chi connectivity index (χ2v) is 8.01. The molecule has 5 N–H and O–H groups in total. The minimum atomic E-state index is 0.0580. The minimum absolute atomic E-state index is 0.0580. The maximum atomic E-state index is 9.90. The molecule has 0 aliphatic heterocycles. The van der Waals surface area contributed by atoms with Crippen molar-refractivity contribution in [2.45, 2.75) is 13.8 Å². The van der Waals surface area contributed by atoms with Crippen molar-refractivity contribution < 1.29 is 19.7 Å². The third-order valence-corrected chi connectivity index (χ3v) is 5.11. The van der Waals surface area contributed by atoms with Crippen LogP contribution in [0.4, 0.5) is 23.3 Å². The summed E-state index contributed by atoms with van der Waals surface area (Å²) in [7, 11) is 0. The van der Waals surface area contributed by atoms with Crippen LogP contribution in [-0.2, 0) is 0 Å². The number of para-hydroxylation sites is 1. The van der Waals surface area contributed by atoms with E-state index in [0.717, 1.165) is 11.3 Å². The molecule has 0 radical (unpaired) electrons. The van der Waals surface area contributed by atoms with Crippen LogP contribution in [0.2, 0.25) is 0 Å². The molecular formula is C28H29N7O4. The smallest absolute Gasteiger partial charge is 0.247 e. The van der Waals surface area contributed by atoms with E-state index >= 15 is 0 Å². The standard InChI is InChI=1S/C28H29N7O4/c1-3-38-24-14-19(10-12-22(24)36)17-29-34-27-16-26(31-21-8-6-5-7-9-21)32-28(33-27)35-30-18-20-11-13-23(37)25(15-20)39-4-2/h5-18,36-37H,3-4H2,1-2H3,(H3,31,32,33,34,35). The van der Waals surface area contributed by atoms with Crippen LogP contribution in [0.15, 0.2) is 83.0 Å². The number of ether oxygens (including phenoxy) is 2. The Balaban J connectivity index is 1.52. The highest BCUT2D eigenvalue weighted by Crippen LogP contribution is 2.27. The van der Waals surface area contributed by atoms with E-state index in [9.17, 15) is 10.2 Å². The van der Waals surface area contributed by atoms with E-state index in [1.54, 1.807) is 54.9 Å². The first kappa shape index (κ1) is 26.7. The zero-order chi connectivity index (χ0) is 27.5. The van der Waals surface area contributed by atoms with Crippen molar-refractivity contribution in [3.05, 3.63) is 83.9 Å². The van der Waals surface area contributed by atoms with Gasteiger partial charge in [-0.15, -0.1) is 0 Å². The van der Waals surface area contributed by atoms with Crippen molar-refractivity contribution >= 4 is 35.7 Å². The molecule has 0 aliphatic rings. The summed E-state index contributed by atoms with van der Waals surface area (Å²) < 4.78 is 10.8. The van der Waals surface area contributed by atoms with Crippen molar-refractivity contribution in [1.82, 2.24) is 9.97 Å². The van der Waals surface area contributed by atoms with Gasteiger partial charge in [0.2, 0.25) is 5.95 Å². The summed E-state index contributed by atoms with van der Waals surface area (Å²) in [6, 6.07) is 21.2. The zero-order valence-electron chi connectivity index (χ0n) is 21.5. The van der Waals surface area contributed by atoms with Crippen molar-refractivity contribution in [1.29, 1.82) is 0 Å². The number of hydrogen-bond donors (Lipinski definition) is 5. The van der Waals surface area contributed by atoms with Crippen LogP contribution in [0.3, 0.4) is 0 Å². The topological polar surface area (TPSA) is 146 Å². The molecule has 0 atom stereocenters. The number of hydrazone groups is 2. The van der Waals surface area contributed by atoms with Crippen LogP contribution >= 0.6 is 0 Å². The van der Waals surface area contributed by atoms with Gasteiger partial charge in [0.05, 0.1) is 25.6 Å². The van der Waals surface area contributed by atoms with E-state index in [2.05, 4.69) is 36.3 Å². The summed E-state index contributed by atoms with van der Waals surface area (Å²) in [6.07, 6.45) is 3.15. The summed E-state index contributed by atoms with van der Waals surface area (Å²) in [6.45, 7) is 4.55. The van der Waals surface area contributed by atoms with Gasteiger partial charge in [0, 0.05) is 11.8 Å². The average Bonchev–Trinajstić information content (AvgIpc) is 2.93. The van der Waals surface area contributed by atoms with E-state index in [4.69, 9.17) is 9.47 Å². The van der Waals surface area contributed by atoms with Crippen molar-refractivity contribution in [2.24, 2.45) is 10.2 Å². The normalized spacial score (nSPS) is 11.0. The largest absolute Gasteiger partial charge is 0.504 e. The lowest BCUT2D eigenvalue weighted by Crippen LogP contribution is -2.04. The number of phenolic OH excluding ortho intramolecular Hbond substituents is 2. The molecule has 0 saturated carbocycles. The second kappa shape index (κ2) is 13.3. The molecule has 1 heterocycles. The zero-order valence-corrected chi connectivity index (χ0v) is 21.5. The van der Waals surface area contributed by atoms with Crippen molar-refractivity contribution in [3.63, 3.8) is 0 Å². The van der Waals surface area contributed by atoms with Crippen LogP contribution in [0, 0.1) is 0 Å². The van der Waals surface area contributed by atoms with Crippen LogP contribution in [0.1, 0.15) is 25.0 Å². The monoisotopic (exact) mass is 527 g/mol. The van der Waals surface area contributed by atoms with E-state index < -0.39 is 0 Å². The Bertz CT molecular complexity index is 1360. The first-order valence-electron chi connectivity index (χ1n) is 12.2. The van der Waals surface area contributed by atoms with Gasteiger partial charge in [0.1, 0.15) is 5.82 Å². The summed E-state index contributed by atoms with van der Waals surface area (Å²) in [5, 5.41) is 31.5. The second-order valence-electron chi connectivity index (χ2n) is 8.01. The van der Waals surface area contributed by atoms with E-state index in [0.29, 0.717) is 41.9 Å². The number of aromatic nitrogens is 2. The highest BCUT2D eigenvalue weighted by Gasteiger charge is 2.06. The van der Waals surface area contributed by atoms with E-state index in [-0.39, 0.29) is 17.4 Å². The fourth-order valence-electron chi connectivity index (χ4n) is 3.39. The number of aromatic hydroxyl groups is 2. The molecule has 11 heteroatoms. The molecule has 1 aromatic heterocycles. The number of nitrogens with zero attached hydrogens (tertiary/aromatic N) is 4. The lowest BCUT2D eigenvalue weighted by molar-refractivity contribution is 0.318. The predicted molar refractivity (Wildman–Crippen MR) is 153 cm³/mol. The van der Waals surface area contributed by atoms with Crippen LogP contribution in [0.5, 0.6) is 23.0 Å². The van der Waals surface area contributed by atoms with Gasteiger partial charge in [-0.3, -0.25) is 5.43 Å². The quantitative estimate of drug-likeness (QED) is 0.122. The molecule has 0 bridgehead atoms. The number of benzene rings is 3. The van der Waals surface area contributed by atoms with E-state index in [1.807, 2.05) is 44.2 Å². The molecular weight excluding hydrogens is 498 g/mol. The van der Waals surface area contributed by atoms with Gasteiger partial charge in [-0.1, -0.05) is 18.2 Å². The molecule has 3 aromatic carbocycles. The van der Waals surface area contributed by atoms with Gasteiger partial charge < -0.3 is 25.0 Å². The Labute approximate surface area is 225 Å². The molecule has 4 aromatic rings. The highest BCUT2D eigenvalue weighted by atomic mass is 16.5. The van der Waals surface area contributed by atoms with Gasteiger partial charge in [-0.2, -0.15) is 20.2 Å². The molecule has 0 unspecified atom stereocenters. The fraction of sp³-hybridized carbons (Fsp3) is 0.143. The van der Waals surface area contributed by atoms with E-state index in [1.165, 1.54) is 0 Å². The maximum Gasteiger partial charge on any atom is 0.247 e. The van der Waals surface area contributed by atoms with Crippen molar-refractivity contribution in [3.8, 4) is 23.0 Å². The van der Waals surface area contributed by atoms with Gasteiger partial charge in [0.25, 0.3) is 0 Å². The third-order valence-electron chi connectivity index (χ3n) is 5.11. The molecule has 11 nitrogen and oxygen atoms in total. The molecule has 4 rings (SSSR count). The number of anilines is 4. The minimum Gasteiger partial charge on any atom is -0.504 e. The summed E-state index contributed by atoms with van der Waals surface area (Å²) >= 11 is 0.